The van der Waals surface area contributed by atoms with E-state index in [1.54, 1.807) is 6.92 Å². The van der Waals surface area contributed by atoms with Crippen molar-refractivity contribution in [2.45, 2.75) is 44.9 Å². The van der Waals surface area contributed by atoms with Crippen molar-refractivity contribution in [2.24, 2.45) is 5.92 Å². The first-order valence-corrected chi connectivity index (χ1v) is 9.24. The highest BCUT2D eigenvalue weighted by Gasteiger charge is 2.34. The standard InChI is InChI=1S/C14H18F5N5O2S/c1-8(6-23-9(2)4-12(22-23)14(17,18)19)5-20-27(25,26)11-7-24(13(15)16)21-10(11)3/h4,7-8,13,20H,5-6H2,1-3H3. The van der Waals surface area contributed by atoms with Crippen LogP contribution >= 0.6 is 0 Å². The van der Waals surface area contributed by atoms with E-state index in [2.05, 4.69) is 14.9 Å². The molecule has 0 aromatic carbocycles. The third-order valence-corrected chi connectivity index (χ3v) is 5.27. The van der Waals surface area contributed by atoms with Crippen LogP contribution in [0.25, 0.3) is 0 Å². The van der Waals surface area contributed by atoms with E-state index in [-0.39, 0.29) is 34.1 Å². The largest absolute Gasteiger partial charge is 0.435 e. The van der Waals surface area contributed by atoms with E-state index in [0.717, 1.165) is 16.9 Å². The van der Waals surface area contributed by atoms with E-state index < -0.39 is 34.4 Å². The summed E-state index contributed by atoms with van der Waals surface area (Å²) in [7, 11) is -4.10. The van der Waals surface area contributed by atoms with Gasteiger partial charge in [-0.2, -0.15) is 32.1 Å². The number of halogens is 5. The Balaban J connectivity index is 2.05. The van der Waals surface area contributed by atoms with Crippen LogP contribution in [0.3, 0.4) is 0 Å². The lowest BCUT2D eigenvalue weighted by molar-refractivity contribution is -0.141. The smallest absolute Gasteiger partial charge is 0.269 e. The maximum atomic E-state index is 12.7. The first kappa shape index (κ1) is 21.3. The summed E-state index contributed by atoms with van der Waals surface area (Å²) in [5, 5.41) is 6.91. The summed E-state index contributed by atoms with van der Waals surface area (Å²) in [6, 6.07) is 0.902. The van der Waals surface area contributed by atoms with E-state index in [4.69, 9.17) is 0 Å². The minimum Gasteiger partial charge on any atom is -0.269 e. The van der Waals surface area contributed by atoms with E-state index >= 15 is 0 Å². The number of aromatic nitrogens is 4. The van der Waals surface area contributed by atoms with Gasteiger partial charge in [0.15, 0.2) is 5.69 Å². The Labute approximate surface area is 152 Å². The van der Waals surface area contributed by atoms with Gasteiger partial charge in [-0.05, 0) is 25.8 Å². The number of nitrogens with zero attached hydrogens (tertiary/aromatic N) is 4. The van der Waals surface area contributed by atoms with Crippen LogP contribution in [0.5, 0.6) is 0 Å². The highest BCUT2D eigenvalue weighted by molar-refractivity contribution is 7.89. The zero-order chi connectivity index (χ0) is 20.6. The lowest BCUT2D eigenvalue weighted by Gasteiger charge is -2.14. The molecule has 0 aliphatic carbocycles. The summed E-state index contributed by atoms with van der Waals surface area (Å²) in [6.07, 6.45) is -3.84. The van der Waals surface area contributed by atoms with Crippen LogP contribution in [0.1, 0.15) is 30.6 Å². The second kappa shape index (κ2) is 7.54. The summed E-state index contributed by atoms with van der Waals surface area (Å²) in [5.41, 5.74) is -0.831. The fourth-order valence-electron chi connectivity index (χ4n) is 2.35. The molecule has 27 heavy (non-hydrogen) atoms. The number of hydrogen-bond acceptors (Lipinski definition) is 4. The second-order valence-corrected chi connectivity index (χ2v) is 7.88. The Bertz CT molecular complexity index is 904. The van der Waals surface area contributed by atoms with Crippen molar-refractivity contribution in [2.75, 3.05) is 6.54 Å². The highest BCUT2D eigenvalue weighted by atomic mass is 32.2. The number of hydrogen-bond donors (Lipinski definition) is 1. The van der Waals surface area contributed by atoms with Crippen LogP contribution in [0, 0.1) is 19.8 Å². The van der Waals surface area contributed by atoms with Crippen molar-refractivity contribution >= 4 is 10.0 Å². The van der Waals surface area contributed by atoms with Gasteiger partial charge in [0.25, 0.3) is 0 Å². The van der Waals surface area contributed by atoms with Gasteiger partial charge in [-0.3, -0.25) is 4.68 Å². The third-order valence-electron chi connectivity index (χ3n) is 3.74. The Morgan fingerprint density at radius 2 is 1.85 bits per heavy atom. The Hall–Kier alpha value is -2.02. The normalized spacial score (nSPS) is 14.1. The molecule has 0 bridgehead atoms. The van der Waals surface area contributed by atoms with Crippen LogP contribution in [-0.4, -0.2) is 34.5 Å². The molecular formula is C14H18F5N5O2S. The minimum atomic E-state index is -4.57. The van der Waals surface area contributed by atoms with Crippen molar-refractivity contribution in [1.29, 1.82) is 0 Å². The molecule has 2 heterocycles. The van der Waals surface area contributed by atoms with Crippen molar-refractivity contribution in [3.63, 3.8) is 0 Å². The van der Waals surface area contributed by atoms with E-state index in [0.29, 0.717) is 0 Å². The zero-order valence-corrected chi connectivity index (χ0v) is 15.4. The highest BCUT2D eigenvalue weighted by Crippen LogP contribution is 2.28. The summed E-state index contributed by atoms with van der Waals surface area (Å²) >= 11 is 0. The lowest BCUT2D eigenvalue weighted by atomic mass is 10.2. The molecule has 0 amide bonds. The first-order valence-electron chi connectivity index (χ1n) is 7.76. The maximum absolute atomic E-state index is 12.7. The van der Waals surface area contributed by atoms with Crippen LogP contribution in [0.15, 0.2) is 17.2 Å². The summed E-state index contributed by atoms with van der Waals surface area (Å²) in [4.78, 5) is -0.385. The topological polar surface area (TPSA) is 81.8 Å². The van der Waals surface area contributed by atoms with Gasteiger partial charge in [0.1, 0.15) is 4.90 Å². The molecular weight excluding hydrogens is 397 g/mol. The van der Waals surface area contributed by atoms with Crippen LogP contribution in [-0.2, 0) is 22.7 Å². The Morgan fingerprint density at radius 1 is 1.22 bits per heavy atom. The summed E-state index contributed by atoms with van der Waals surface area (Å²) in [5.74, 6) is -0.412. The van der Waals surface area contributed by atoms with E-state index in [1.807, 2.05) is 0 Å². The van der Waals surface area contributed by atoms with Crippen molar-refractivity contribution in [3.05, 3.63) is 29.3 Å². The molecule has 2 aromatic heterocycles. The molecule has 2 rings (SSSR count). The maximum Gasteiger partial charge on any atom is 0.435 e. The molecule has 7 nitrogen and oxygen atoms in total. The average molecular weight is 415 g/mol. The lowest BCUT2D eigenvalue weighted by Crippen LogP contribution is -2.30. The van der Waals surface area contributed by atoms with E-state index in [9.17, 15) is 30.4 Å². The van der Waals surface area contributed by atoms with Crippen molar-refractivity contribution in [3.8, 4) is 0 Å². The Morgan fingerprint density at radius 3 is 2.33 bits per heavy atom. The predicted octanol–water partition coefficient (Wildman–Crippen LogP) is 2.72. The molecule has 1 atom stereocenters. The molecule has 0 saturated heterocycles. The van der Waals surface area contributed by atoms with Gasteiger partial charge in [0.05, 0.1) is 11.9 Å². The molecule has 0 fully saturated rings. The second-order valence-electron chi connectivity index (χ2n) is 6.14. The number of sulfonamides is 1. The zero-order valence-electron chi connectivity index (χ0n) is 14.6. The van der Waals surface area contributed by atoms with E-state index in [1.165, 1.54) is 13.8 Å². The molecule has 1 N–H and O–H groups in total. The molecule has 0 aliphatic heterocycles. The molecule has 0 spiro atoms. The molecule has 0 saturated carbocycles. The number of rotatable bonds is 7. The Kier molecular flexibility index (Phi) is 5.94. The molecule has 0 aliphatic rings. The predicted molar refractivity (Wildman–Crippen MR) is 84.5 cm³/mol. The van der Waals surface area contributed by atoms with Gasteiger partial charge in [-0.25, -0.2) is 17.8 Å². The van der Waals surface area contributed by atoms with Gasteiger partial charge in [-0.15, -0.1) is 0 Å². The summed E-state index contributed by atoms with van der Waals surface area (Å²) in [6.45, 7) is 1.30. The number of aryl methyl sites for hydroxylation is 2. The van der Waals surface area contributed by atoms with Gasteiger partial charge >= 0.3 is 12.7 Å². The van der Waals surface area contributed by atoms with Gasteiger partial charge in [0, 0.05) is 18.8 Å². The van der Waals surface area contributed by atoms with Crippen molar-refractivity contribution < 1.29 is 30.4 Å². The molecule has 0 radical (unpaired) electrons. The fraction of sp³-hybridized carbons (Fsp3) is 0.571. The quantitative estimate of drug-likeness (QED) is 0.705. The first-order chi connectivity index (χ1) is 12.3. The van der Waals surface area contributed by atoms with Crippen molar-refractivity contribution in [1.82, 2.24) is 24.3 Å². The number of nitrogens with one attached hydrogen (secondary N) is 1. The third kappa shape index (κ3) is 5.03. The van der Waals surface area contributed by atoms with Gasteiger partial charge in [0.2, 0.25) is 10.0 Å². The van der Waals surface area contributed by atoms with Crippen LogP contribution in [0.4, 0.5) is 22.0 Å². The van der Waals surface area contributed by atoms with Gasteiger partial charge in [-0.1, -0.05) is 6.92 Å². The SMILES string of the molecule is Cc1nn(C(F)F)cc1S(=O)(=O)NCC(C)Cn1nc(C(F)(F)F)cc1C. The fourth-order valence-corrected chi connectivity index (χ4v) is 3.69. The monoisotopic (exact) mass is 415 g/mol. The van der Waals surface area contributed by atoms with Gasteiger partial charge < -0.3 is 0 Å². The summed E-state index contributed by atoms with van der Waals surface area (Å²) < 4.78 is 91.5. The molecule has 1 unspecified atom stereocenters. The molecule has 2 aromatic rings. The molecule has 152 valence electrons. The minimum absolute atomic E-state index is 0.0414. The van der Waals surface area contributed by atoms with Crippen LogP contribution < -0.4 is 4.72 Å². The average Bonchev–Trinajstić information content (AvgIpc) is 3.09. The van der Waals surface area contributed by atoms with Crippen LogP contribution in [0.2, 0.25) is 0 Å². The number of alkyl halides is 5. The molecule has 13 heteroatoms.